The first kappa shape index (κ1) is 27.9. The van der Waals surface area contributed by atoms with Gasteiger partial charge >= 0.3 is 0 Å². The van der Waals surface area contributed by atoms with Gasteiger partial charge in [-0.2, -0.15) is 0 Å². The molecule has 0 aliphatic carbocycles. The number of benzene rings is 3. The Hall–Kier alpha value is -4.63. The third-order valence-electron chi connectivity index (χ3n) is 7.09. The normalized spacial score (nSPS) is 11.0. The summed E-state index contributed by atoms with van der Waals surface area (Å²) in [7, 11) is 6.35. The van der Waals surface area contributed by atoms with Crippen LogP contribution in [0.15, 0.2) is 77.6 Å². The van der Waals surface area contributed by atoms with Gasteiger partial charge in [0.15, 0.2) is 23.0 Å². The van der Waals surface area contributed by atoms with E-state index in [0.29, 0.717) is 50.5 Å². The number of thiophene rings is 1. The fourth-order valence-corrected chi connectivity index (χ4v) is 6.19. The van der Waals surface area contributed by atoms with E-state index < -0.39 is 0 Å². The second-order valence-corrected chi connectivity index (χ2v) is 10.6. The second kappa shape index (κ2) is 11.9. The first-order valence-corrected chi connectivity index (χ1v) is 13.9. The van der Waals surface area contributed by atoms with Crippen molar-refractivity contribution < 1.29 is 23.8 Å². The Bertz CT molecular complexity index is 1810. The molecule has 0 atom stereocenters. The number of carbonyl (C=O) groups excluding carboxylic acids is 2. The van der Waals surface area contributed by atoms with Gasteiger partial charge in [-0.15, -0.1) is 11.3 Å². The molecule has 0 spiro atoms. The number of methoxy groups -OCH3 is 3. The average Bonchev–Trinajstić information content (AvgIpc) is 3.41. The molecule has 3 aromatic carbocycles. The third kappa shape index (κ3) is 5.28. The number of rotatable bonds is 10. The number of fused-ring (bicyclic) bond motifs is 3. The zero-order chi connectivity index (χ0) is 29.1. The molecule has 0 bridgehead atoms. The zero-order valence-corrected chi connectivity index (χ0v) is 24.1. The van der Waals surface area contributed by atoms with Gasteiger partial charge in [-0.05, 0) is 30.2 Å². The minimum absolute atomic E-state index is 0.132. The van der Waals surface area contributed by atoms with Crippen molar-refractivity contribution in [1.82, 2.24) is 9.47 Å². The van der Waals surface area contributed by atoms with Crippen molar-refractivity contribution in [1.29, 1.82) is 0 Å². The van der Waals surface area contributed by atoms with Crippen LogP contribution >= 0.6 is 11.3 Å². The van der Waals surface area contributed by atoms with Crippen LogP contribution in [0.4, 0.5) is 0 Å². The number of amides is 1. The van der Waals surface area contributed by atoms with Gasteiger partial charge in [0, 0.05) is 24.5 Å². The van der Waals surface area contributed by atoms with Crippen molar-refractivity contribution in [2.75, 3.05) is 34.9 Å². The SMILES string of the molecule is COc1ccc(CCN(C)C(=O)c2sc3c(c2OC)c(=O)n(CC(=O)c2ccccc2)c2ccccc32)cc1OC. The highest BCUT2D eigenvalue weighted by molar-refractivity contribution is 7.22. The lowest BCUT2D eigenvalue weighted by molar-refractivity contribution is 0.0798. The standard InChI is InChI=1S/C32H30N2O6S/c1-33(17-16-20-14-15-25(38-2)26(18-20)39-3)32(37)30-28(40-4)27-29(41-30)22-12-8-9-13-23(22)34(31(27)36)19-24(35)21-10-6-5-7-11-21/h5-15,18H,16-17,19H2,1-4H3. The summed E-state index contributed by atoms with van der Waals surface area (Å²) < 4.78 is 18.5. The molecule has 5 aromatic rings. The van der Waals surface area contributed by atoms with Gasteiger partial charge < -0.3 is 19.1 Å². The quantitative estimate of drug-likeness (QED) is 0.208. The van der Waals surface area contributed by atoms with Gasteiger partial charge in [0.2, 0.25) is 0 Å². The van der Waals surface area contributed by atoms with Crippen LogP contribution in [-0.2, 0) is 13.0 Å². The van der Waals surface area contributed by atoms with Crippen LogP contribution < -0.4 is 19.8 Å². The van der Waals surface area contributed by atoms with E-state index in [1.807, 2.05) is 48.5 Å². The Balaban J connectivity index is 1.51. The predicted octanol–water partition coefficient (Wildman–Crippen LogP) is 5.44. The van der Waals surface area contributed by atoms with E-state index in [-0.39, 0.29) is 29.5 Å². The summed E-state index contributed by atoms with van der Waals surface area (Å²) >= 11 is 1.23. The molecule has 0 radical (unpaired) electrons. The number of carbonyl (C=O) groups is 2. The third-order valence-corrected chi connectivity index (χ3v) is 8.28. The number of likely N-dealkylation sites (N-methyl/N-ethyl adjacent to an activating group) is 1. The molecule has 0 saturated heterocycles. The molecule has 0 aliphatic heterocycles. The van der Waals surface area contributed by atoms with Crippen LogP contribution in [0.2, 0.25) is 0 Å². The highest BCUT2D eigenvalue weighted by Crippen LogP contribution is 2.40. The van der Waals surface area contributed by atoms with Crippen molar-refractivity contribution >= 4 is 44.0 Å². The molecule has 5 rings (SSSR count). The van der Waals surface area contributed by atoms with Gasteiger partial charge in [-0.25, -0.2) is 0 Å². The maximum absolute atomic E-state index is 13.9. The van der Waals surface area contributed by atoms with Gasteiger partial charge in [-0.3, -0.25) is 19.0 Å². The minimum Gasteiger partial charge on any atom is -0.494 e. The van der Waals surface area contributed by atoms with Crippen molar-refractivity contribution in [2.24, 2.45) is 0 Å². The lowest BCUT2D eigenvalue weighted by atomic mass is 10.1. The number of ketones is 1. The Morgan fingerprint density at radius 2 is 1.59 bits per heavy atom. The number of hydrogen-bond donors (Lipinski definition) is 0. The number of Topliss-reactive ketones (excluding diaryl/α,β-unsaturated/α-hetero) is 1. The average molecular weight is 571 g/mol. The summed E-state index contributed by atoms with van der Waals surface area (Å²) in [4.78, 5) is 42.6. The molecule has 2 heterocycles. The smallest absolute Gasteiger partial charge is 0.267 e. The van der Waals surface area contributed by atoms with E-state index in [1.54, 1.807) is 50.4 Å². The molecule has 8 nitrogen and oxygen atoms in total. The molecular weight excluding hydrogens is 540 g/mol. The minimum atomic E-state index is -0.372. The maximum atomic E-state index is 13.9. The molecule has 9 heteroatoms. The van der Waals surface area contributed by atoms with E-state index in [0.717, 1.165) is 10.9 Å². The highest BCUT2D eigenvalue weighted by atomic mass is 32.1. The molecular formula is C32H30N2O6S. The Morgan fingerprint density at radius 3 is 2.29 bits per heavy atom. The van der Waals surface area contributed by atoms with Crippen LogP contribution in [0.3, 0.4) is 0 Å². The van der Waals surface area contributed by atoms with E-state index >= 15 is 0 Å². The van der Waals surface area contributed by atoms with Crippen LogP contribution in [0.25, 0.3) is 21.0 Å². The molecule has 2 aromatic heterocycles. The molecule has 1 amide bonds. The maximum Gasteiger partial charge on any atom is 0.267 e. The van der Waals surface area contributed by atoms with Gasteiger partial charge in [-0.1, -0.05) is 54.6 Å². The fourth-order valence-electron chi connectivity index (χ4n) is 4.90. The summed E-state index contributed by atoms with van der Waals surface area (Å²) in [6, 6.07) is 22.0. The summed E-state index contributed by atoms with van der Waals surface area (Å²) in [5.74, 6) is 1.05. The molecule has 0 saturated carbocycles. The van der Waals surface area contributed by atoms with Crippen molar-refractivity contribution in [3.05, 3.63) is 99.2 Å². The topological polar surface area (TPSA) is 87.1 Å². The Kier molecular flexibility index (Phi) is 8.07. The van der Waals surface area contributed by atoms with E-state index in [1.165, 1.54) is 23.0 Å². The van der Waals surface area contributed by atoms with E-state index in [2.05, 4.69) is 0 Å². The summed E-state index contributed by atoms with van der Waals surface area (Å²) in [6.07, 6.45) is 0.590. The van der Waals surface area contributed by atoms with Crippen molar-refractivity contribution in [3.63, 3.8) is 0 Å². The molecule has 41 heavy (non-hydrogen) atoms. The van der Waals surface area contributed by atoms with Crippen molar-refractivity contribution in [3.8, 4) is 17.2 Å². The number of pyridine rings is 1. The largest absolute Gasteiger partial charge is 0.494 e. The molecule has 0 unspecified atom stereocenters. The van der Waals surface area contributed by atoms with Gasteiger partial charge in [0.1, 0.15) is 10.3 Å². The molecule has 0 aliphatic rings. The lowest BCUT2D eigenvalue weighted by Gasteiger charge is -2.17. The summed E-state index contributed by atoms with van der Waals surface area (Å²) in [5.41, 5.74) is 1.76. The first-order valence-electron chi connectivity index (χ1n) is 13.0. The van der Waals surface area contributed by atoms with Gasteiger partial charge in [0.25, 0.3) is 11.5 Å². The van der Waals surface area contributed by atoms with Crippen LogP contribution in [0.5, 0.6) is 17.2 Å². The lowest BCUT2D eigenvalue weighted by Crippen LogP contribution is -2.28. The molecule has 0 fully saturated rings. The van der Waals surface area contributed by atoms with Crippen molar-refractivity contribution in [2.45, 2.75) is 13.0 Å². The zero-order valence-electron chi connectivity index (χ0n) is 23.3. The van der Waals surface area contributed by atoms with E-state index in [9.17, 15) is 14.4 Å². The summed E-state index contributed by atoms with van der Waals surface area (Å²) in [6.45, 7) is 0.301. The molecule has 210 valence electrons. The fraction of sp³-hybridized carbons (Fsp3) is 0.219. The summed E-state index contributed by atoms with van der Waals surface area (Å²) in [5, 5.41) is 1.08. The first-order chi connectivity index (χ1) is 19.9. The second-order valence-electron chi connectivity index (χ2n) is 9.53. The number of nitrogens with zero attached hydrogens (tertiary/aromatic N) is 2. The Labute approximate surface area is 241 Å². The van der Waals surface area contributed by atoms with Gasteiger partial charge in [0.05, 0.1) is 38.1 Å². The number of hydrogen-bond acceptors (Lipinski definition) is 7. The molecule has 0 N–H and O–H groups in total. The van der Waals surface area contributed by atoms with Crippen LogP contribution in [-0.4, -0.2) is 56.1 Å². The Morgan fingerprint density at radius 1 is 0.878 bits per heavy atom. The number of aromatic nitrogens is 1. The monoisotopic (exact) mass is 570 g/mol. The van der Waals surface area contributed by atoms with E-state index in [4.69, 9.17) is 14.2 Å². The number of ether oxygens (including phenoxy) is 3. The van der Waals surface area contributed by atoms with Crippen LogP contribution in [0.1, 0.15) is 25.6 Å². The van der Waals surface area contributed by atoms with Crippen LogP contribution in [0, 0.1) is 0 Å². The number of para-hydroxylation sites is 1. The highest BCUT2D eigenvalue weighted by Gasteiger charge is 2.27. The predicted molar refractivity (Wildman–Crippen MR) is 161 cm³/mol.